The van der Waals surface area contributed by atoms with Crippen LogP contribution in [0.4, 0.5) is 4.39 Å². The zero-order chi connectivity index (χ0) is 31.0. The van der Waals surface area contributed by atoms with E-state index in [9.17, 15) is 12.8 Å². The van der Waals surface area contributed by atoms with E-state index in [0.29, 0.717) is 39.4 Å². The van der Waals surface area contributed by atoms with Gasteiger partial charge in [-0.05, 0) is 84.5 Å². The molecule has 12 heteroatoms. The Morgan fingerprint density at radius 3 is 2.60 bits per heavy atom. The van der Waals surface area contributed by atoms with Gasteiger partial charge in [0.15, 0.2) is 5.82 Å². The van der Waals surface area contributed by atoms with Crippen molar-refractivity contribution in [1.29, 1.82) is 0 Å². The summed E-state index contributed by atoms with van der Waals surface area (Å²) in [5, 5.41) is 12.2. The van der Waals surface area contributed by atoms with Crippen LogP contribution in [0.25, 0.3) is 55.8 Å². The first-order valence-corrected chi connectivity index (χ1v) is 16.9. The molecule has 1 aliphatic rings. The lowest BCUT2D eigenvalue weighted by Gasteiger charge is -2.11. The summed E-state index contributed by atoms with van der Waals surface area (Å²) in [6.45, 7) is 1.79. The highest BCUT2D eigenvalue weighted by Gasteiger charge is 2.18. The van der Waals surface area contributed by atoms with E-state index in [1.54, 1.807) is 18.3 Å². The predicted octanol–water partition coefficient (Wildman–Crippen LogP) is 5.70. The summed E-state index contributed by atoms with van der Waals surface area (Å²) < 4.78 is 40.2. The number of pyridine rings is 2. The monoisotopic (exact) mass is 624 g/mol. The quantitative estimate of drug-likeness (QED) is 0.153. The molecule has 0 aliphatic heterocycles. The molecule has 1 aliphatic carbocycles. The average Bonchev–Trinajstić information content (AvgIpc) is 3.79. The maximum absolute atomic E-state index is 14.6. The van der Waals surface area contributed by atoms with Gasteiger partial charge < -0.3 is 10.3 Å². The Hall–Kier alpha value is -4.52. The Kier molecular flexibility index (Phi) is 7.86. The number of imidazole rings is 1. The topological polar surface area (TPSA) is 141 Å². The molecular weight excluding hydrogens is 591 g/mol. The van der Waals surface area contributed by atoms with Crippen molar-refractivity contribution in [3.05, 3.63) is 84.1 Å². The van der Waals surface area contributed by atoms with Crippen LogP contribution in [0.2, 0.25) is 0 Å². The minimum atomic E-state index is -3.44. The molecule has 2 aromatic carbocycles. The zero-order valence-corrected chi connectivity index (χ0v) is 25.6. The summed E-state index contributed by atoms with van der Waals surface area (Å²) in [6, 6.07) is 14.5. The molecule has 4 N–H and O–H groups in total. The Balaban J connectivity index is 1.19. The second-order valence-electron chi connectivity index (χ2n) is 11.8. The van der Waals surface area contributed by atoms with Crippen molar-refractivity contribution >= 4 is 32.0 Å². The van der Waals surface area contributed by atoms with Crippen molar-refractivity contribution in [2.45, 2.75) is 38.8 Å². The molecule has 10 nitrogen and oxygen atoms in total. The lowest BCUT2D eigenvalue weighted by atomic mass is 10.0. The number of benzene rings is 2. The minimum Gasteiger partial charge on any atom is -0.336 e. The minimum absolute atomic E-state index is 0.0393. The highest BCUT2D eigenvalue weighted by atomic mass is 32.2. The third-order valence-electron chi connectivity index (χ3n) is 8.32. The first kappa shape index (κ1) is 29.2. The van der Waals surface area contributed by atoms with E-state index in [1.165, 1.54) is 37.8 Å². The van der Waals surface area contributed by atoms with Crippen molar-refractivity contribution in [2.24, 2.45) is 5.92 Å². The van der Waals surface area contributed by atoms with Crippen LogP contribution in [0.5, 0.6) is 0 Å². The SMILES string of the molecule is CS(=O)(=O)NCc1cc(F)cc(-c2nccc3[nH]c(-c4n[nH]c5ccc(-c6cncc(CNCC7CCCC7)c6)cc45)nc23)c1. The maximum atomic E-state index is 14.6. The molecule has 7 rings (SSSR count). The van der Waals surface area contributed by atoms with Gasteiger partial charge in [0.1, 0.15) is 17.0 Å². The molecule has 0 unspecified atom stereocenters. The Labute approximate surface area is 260 Å². The van der Waals surface area contributed by atoms with Crippen LogP contribution in [-0.2, 0) is 23.1 Å². The smallest absolute Gasteiger partial charge is 0.209 e. The molecule has 1 fully saturated rings. The van der Waals surface area contributed by atoms with E-state index in [1.807, 2.05) is 18.5 Å². The maximum Gasteiger partial charge on any atom is 0.209 e. The average molecular weight is 625 g/mol. The molecule has 0 radical (unpaired) electrons. The fourth-order valence-corrected chi connectivity index (χ4v) is 6.54. The molecule has 230 valence electrons. The van der Waals surface area contributed by atoms with Crippen LogP contribution in [-0.4, -0.2) is 51.4 Å². The molecule has 0 atom stereocenters. The van der Waals surface area contributed by atoms with Crippen LogP contribution >= 0.6 is 0 Å². The first-order chi connectivity index (χ1) is 21.8. The molecule has 4 heterocycles. The number of nitrogens with zero attached hydrogens (tertiary/aromatic N) is 4. The standard InChI is InChI=1S/C33H33FN8O2S/c1-45(43,44)38-18-21-10-24(13-26(34)12-21)30-32-29(8-9-37-30)39-33(40-32)31-27-14-23(6-7-28(27)41-42-31)25-11-22(17-36-19-25)16-35-15-20-4-2-3-5-20/h6-14,17,19-20,35,38H,2-5,15-16,18H2,1H3,(H,39,40)(H,41,42). The Morgan fingerprint density at radius 1 is 0.911 bits per heavy atom. The van der Waals surface area contributed by atoms with Crippen molar-refractivity contribution in [2.75, 3.05) is 12.8 Å². The number of hydrogen-bond acceptors (Lipinski definition) is 7. The first-order valence-electron chi connectivity index (χ1n) is 15.0. The van der Waals surface area contributed by atoms with Crippen LogP contribution in [0.15, 0.2) is 67.1 Å². The summed E-state index contributed by atoms with van der Waals surface area (Å²) in [4.78, 5) is 17.2. The van der Waals surface area contributed by atoms with Gasteiger partial charge in [0.25, 0.3) is 0 Å². The van der Waals surface area contributed by atoms with Gasteiger partial charge in [-0.1, -0.05) is 18.9 Å². The molecule has 45 heavy (non-hydrogen) atoms. The summed E-state index contributed by atoms with van der Waals surface area (Å²) >= 11 is 0. The number of aromatic nitrogens is 6. The number of H-pyrrole nitrogens is 2. The van der Waals surface area contributed by atoms with Gasteiger partial charge in [0.2, 0.25) is 10.0 Å². The third kappa shape index (κ3) is 6.48. The lowest BCUT2D eigenvalue weighted by molar-refractivity contribution is 0.489. The van der Waals surface area contributed by atoms with Crippen LogP contribution in [0.1, 0.15) is 36.8 Å². The van der Waals surface area contributed by atoms with Crippen LogP contribution < -0.4 is 10.0 Å². The van der Waals surface area contributed by atoms with Gasteiger partial charge >= 0.3 is 0 Å². The summed E-state index contributed by atoms with van der Waals surface area (Å²) in [5.41, 5.74) is 7.39. The number of fused-ring (bicyclic) bond motifs is 2. The van der Waals surface area contributed by atoms with E-state index in [4.69, 9.17) is 4.98 Å². The second kappa shape index (κ2) is 12.1. The largest absolute Gasteiger partial charge is 0.336 e. The molecule has 0 spiro atoms. The number of rotatable bonds is 10. The van der Waals surface area contributed by atoms with Gasteiger partial charge in [-0.3, -0.25) is 15.1 Å². The Bertz CT molecular complexity index is 2120. The van der Waals surface area contributed by atoms with Crippen LogP contribution in [0, 0.1) is 11.7 Å². The van der Waals surface area contributed by atoms with Gasteiger partial charge in [-0.2, -0.15) is 5.10 Å². The van der Waals surface area contributed by atoms with Gasteiger partial charge in [-0.15, -0.1) is 0 Å². The summed E-state index contributed by atoms with van der Waals surface area (Å²) in [6.07, 6.45) is 11.8. The number of halogens is 1. The number of nitrogens with one attached hydrogen (secondary N) is 4. The fourth-order valence-electron chi connectivity index (χ4n) is 6.11. The number of hydrogen-bond donors (Lipinski definition) is 4. The van der Waals surface area contributed by atoms with E-state index in [-0.39, 0.29) is 6.54 Å². The molecule has 0 bridgehead atoms. The molecule has 6 aromatic rings. The normalized spacial score (nSPS) is 14.2. The third-order valence-corrected chi connectivity index (χ3v) is 8.99. The number of sulfonamides is 1. The van der Waals surface area contributed by atoms with Crippen molar-refractivity contribution in [3.63, 3.8) is 0 Å². The molecule has 4 aromatic heterocycles. The van der Waals surface area contributed by atoms with E-state index < -0.39 is 15.8 Å². The summed E-state index contributed by atoms with van der Waals surface area (Å²) in [5.74, 6) is 0.825. The van der Waals surface area contributed by atoms with Gasteiger partial charge in [-0.25, -0.2) is 22.5 Å². The molecule has 0 amide bonds. The van der Waals surface area contributed by atoms with E-state index in [2.05, 4.69) is 53.4 Å². The van der Waals surface area contributed by atoms with E-state index in [0.717, 1.165) is 52.9 Å². The van der Waals surface area contributed by atoms with E-state index >= 15 is 0 Å². The Morgan fingerprint density at radius 2 is 1.76 bits per heavy atom. The highest BCUT2D eigenvalue weighted by molar-refractivity contribution is 7.88. The summed E-state index contributed by atoms with van der Waals surface area (Å²) in [7, 11) is -3.44. The lowest BCUT2D eigenvalue weighted by Crippen LogP contribution is -2.21. The highest BCUT2D eigenvalue weighted by Crippen LogP contribution is 2.33. The zero-order valence-electron chi connectivity index (χ0n) is 24.8. The van der Waals surface area contributed by atoms with Gasteiger partial charge in [0, 0.05) is 48.2 Å². The second-order valence-corrected chi connectivity index (χ2v) is 13.6. The number of aromatic amines is 2. The molecular formula is C33H33FN8O2S. The predicted molar refractivity (Wildman–Crippen MR) is 173 cm³/mol. The fraction of sp³-hybridized carbons (Fsp3) is 0.273. The van der Waals surface area contributed by atoms with Gasteiger partial charge in [0.05, 0.1) is 23.0 Å². The molecule has 0 saturated heterocycles. The van der Waals surface area contributed by atoms with Crippen molar-refractivity contribution in [1.82, 2.24) is 40.2 Å². The van der Waals surface area contributed by atoms with Crippen molar-refractivity contribution in [3.8, 4) is 33.9 Å². The molecule has 1 saturated carbocycles. The van der Waals surface area contributed by atoms with Crippen LogP contribution in [0.3, 0.4) is 0 Å². The van der Waals surface area contributed by atoms with Crippen molar-refractivity contribution < 1.29 is 12.8 Å².